The van der Waals surface area contributed by atoms with Crippen LogP contribution in [0.3, 0.4) is 0 Å². The monoisotopic (exact) mass is 354 g/mol. The largest absolute Gasteiger partial charge is 0.594 e. The Kier molecular flexibility index (Phi) is 8.67. The molecule has 0 atom stereocenters. The highest BCUT2D eigenvalue weighted by atomic mass is 16.5. The van der Waals surface area contributed by atoms with Gasteiger partial charge >= 0.3 is 0 Å². The van der Waals surface area contributed by atoms with Gasteiger partial charge in [-0.3, -0.25) is 0 Å². The summed E-state index contributed by atoms with van der Waals surface area (Å²) < 4.78 is 5.71. The van der Waals surface area contributed by atoms with Crippen molar-refractivity contribution in [2.45, 2.75) is 58.8 Å². The lowest BCUT2D eigenvalue weighted by molar-refractivity contribution is -0.435. The van der Waals surface area contributed by atoms with Crippen LogP contribution in [0, 0.1) is 5.21 Å². The third kappa shape index (κ3) is 6.87. The molecule has 0 saturated heterocycles. The molecule has 2 aromatic rings. The van der Waals surface area contributed by atoms with Crippen LogP contribution in [0.5, 0.6) is 5.75 Å². The van der Waals surface area contributed by atoms with Crippen LogP contribution < -0.4 is 4.74 Å². The Bertz CT molecular complexity index is 664. The van der Waals surface area contributed by atoms with Crippen molar-refractivity contribution in [3.8, 4) is 5.75 Å². The molecule has 0 fully saturated rings. The highest BCUT2D eigenvalue weighted by Crippen LogP contribution is 2.21. The molecule has 26 heavy (non-hydrogen) atoms. The number of benzene rings is 2. The predicted octanol–water partition coefficient (Wildman–Crippen LogP) is 6.91. The van der Waals surface area contributed by atoms with Gasteiger partial charge in [0.2, 0.25) is 5.69 Å². The average molecular weight is 354 g/mol. The third-order valence-corrected chi connectivity index (χ3v) is 4.29. The Morgan fingerprint density at radius 3 is 2.19 bits per heavy atom. The number of nitrogens with zero attached hydrogens (tertiary/aromatic N) is 2. The van der Waals surface area contributed by atoms with Crippen LogP contribution in [0.25, 0.3) is 0 Å². The maximum Gasteiger partial charge on any atom is 0.244 e. The van der Waals surface area contributed by atoms with Crippen LogP contribution in [0.2, 0.25) is 0 Å². The van der Waals surface area contributed by atoms with Crippen LogP contribution in [0.4, 0.5) is 11.4 Å². The molecule has 0 aromatic heterocycles. The zero-order chi connectivity index (χ0) is 18.6. The molecular formula is C22H30N2O2. The first kappa shape index (κ1) is 20.0. The molecule has 0 aliphatic carbocycles. The van der Waals surface area contributed by atoms with Crippen molar-refractivity contribution >= 4 is 11.4 Å². The van der Waals surface area contributed by atoms with Crippen LogP contribution >= 0.6 is 0 Å². The van der Waals surface area contributed by atoms with Gasteiger partial charge in [0.05, 0.1) is 6.61 Å². The van der Waals surface area contributed by atoms with Gasteiger partial charge in [-0.2, -0.15) is 0 Å². The van der Waals surface area contributed by atoms with Gasteiger partial charge < -0.3 is 9.94 Å². The molecule has 140 valence electrons. The van der Waals surface area contributed by atoms with E-state index in [2.05, 4.69) is 19.0 Å². The van der Waals surface area contributed by atoms with E-state index in [-0.39, 0.29) is 0 Å². The van der Waals surface area contributed by atoms with E-state index in [9.17, 15) is 5.21 Å². The minimum absolute atomic E-state index is 0.543. The number of hydrogen-bond donors (Lipinski definition) is 0. The molecule has 0 aliphatic rings. The van der Waals surface area contributed by atoms with E-state index in [1.807, 2.05) is 48.5 Å². The summed E-state index contributed by atoms with van der Waals surface area (Å²) in [5.41, 5.74) is 2.42. The summed E-state index contributed by atoms with van der Waals surface area (Å²) in [5.74, 6) is 0.818. The van der Waals surface area contributed by atoms with Crippen molar-refractivity contribution in [3.05, 3.63) is 59.3 Å². The maximum atomic E-state index is 12.2. The first-order chi connectivity index (χ1) is 12.7. The van der Waals surface area contributed by atoms with Crippen LogP contribution in [0.1, 0.15) is 57.9 Å². The Hall–Kier alpha value is -2.36. The molecular weight excluding hydrogens is 324 g/mol. The fraction of sp³-hybridized carbons (Fsp3) is 0.455. The SMILES string of the molecule is CCCCCCOc1ccc(N=[N+]([O-])c2ccc(CCCC)cc2)cc1. The van der Waals surface area contributed by atoms with Gasteiger partial charge in [0.1, 0.15) is 11.4 Å². The third-order valence-electron chi connectivity index (χ3n) is 4.29. The molecule has 2 rings (SSSR count). The summed E-state index contributed by atoms with van der Waals surface area (Å²) in [6, 6.07) is 15.0. The zero-order valence-electron chi connectivity index (χ0n) is 16.0. The number of rotatable bonds is 11. The number of ether oxygens (including phenoxy) is 1. The molecule has 0 unspecified atom stereocenters. The predicted molar refractivity (Wildman–Crippen MR) is 107 cm³/mol. The normalized spacial score (nSPS) is 11.5. The van der Waals surface area contributed by atoms with Crippen molar-refractivity contribution in [3.63, 3.8) is 0 Å². The van der Waals surface area contributed by atoms with Gasteiger partial charge in [-0.1, -0.05) is 56.5 Å². The lowest BCUT2D eigenvalue weighted by Gasteiger charge is -2.06. The molecule has 0 aliphatic heterocycles. The van der Waals surface area contributed by atoms with Gasteiger partial charge in [-0.25, -0.2) is 0 Å². The molecule has 0 amide bonds. The van der Waals surface area contributed by atoms with E-state index in [0.29, 0.717) is 16.2 Å². The fourth-order valence-electron chi connectivity index (χ4n) is 2.66. The lowest BCUT2D eigenvalue weighted by atomic mass is 10.1. The van der Waals surface area contributed by atoms with Crippen molar-refractivity contribution in [2.75, 3.05) is 6.61 Å². The molecule has 0 spiro atoms. The summed E-state index contributed by atoms with van der Waals surface area (Å²) in [5, 5.41) is 16.3. The average Bonchev–Trinajstić information content (AvgIpc) is 2.68. The smallest absolute Gasteiger partial charge is 0.244 e. The van der Waals surface area contributed by atoms with E-state index in [1.165, 1.54) is 31.2 Å². The van der Waals surface area contributed by atoms with E-state index in [1.54, 1.807) is 0 Å². The summed E-state index contributed by atoms with van der Waals surface area (Å²) in [6.07, 6.45) is 8.13. The first-order valence-corrected chi connectivity index (χ1v) is 9.73. The molecule has 0 heterocycles. The van der Waals surface area contributed by atoms with Gasteiger partial charge in [0.25, 0.3) is 0 Å². The molecule has 0 N–H and O–H groups in total. The summed E-state index contributed by atoms with van der Waals surface area (Å²) in [4.78, 5) is 0.671. The van der Waals surface area contributed by atoms with E-state index in [4.69, 9.17) is 4.74 Å². The summed E-state index contributed by atoms with van der Waals surface area (Å²) in [6.45, 7) is 5.10. The van der Waals surface area contributed by atoms with Gasteiger partial charge in [0.15, 0.2) is 0 Å². The van der Waals surface area contributed by atoms with Gasteiger partial charge in [-0.05, 0) is 49.1 Å². The fourth-order valence-corrected chi connectivity index (χ4v) is 2.66. The molecule has 0 radical (unpaired) electrons. The molecule has 0 saturated carbocycles. The van der Waals surface area contributed by atoms with Crippen LogP contribution in [0.15, 0.2) is 53.6 Å². The van der Waals surface area contributed by atoms with E-state index in [0.717, 1.165) is 31.6 Å². The lowest BCUT2D eigenvalue weighted by Crippen LogP contribution is -1.96. The van der Waals surface area contributed by atoms with Gasteiger partial charge in [-0.15, -0.1) is 0 Å². The Labute approximate surface area is 157 Å². The zero-order valence-corrected chi connectivity index (χ0v) is 16.0. The molecule has 0 bridgehead atoms. The number of azo groups is 1. The highest BCUT2D eigenvalue weighted by Gasteiger charge is 2.05. The summed E-state index contributed by atoms with van der Waals surface area (Å²) in [7, 11) is 0. The van der Waals surface area contributed by atoms with E-state index < -0.39 is 0 Å². The molecule has 2 aromatic carbocycles. The maximum absolute atomic E-state index is 12.2. The Morgan fingerprint density at radius 1 is 0.846 bits per heavy atom. The van der Waals surface area contributed by atoms with Crippen molar-refractivity contribution in [1.82, 2.24) is 0 Å². The first-order valence-electron chi connectivity index (χ1n) is 9.73. The number of unbranched alkanes of at least 4 members (excludes halogenated alkanes) is 4. The van der Waals surface area contributed by atoms with Crippen molar-refractivity contribution in [1.29, 1.82) is 0 Å². The van der Waals surface area contributed by atoms with Crippen LogP contribution in [-0.2, 0) is 6.42 Å². The Morgan fingerprint density at radius 2 is 1.54 bits per heavy atom. The van der Waals surface area contributed by atoms with E-state index >= 15 is 0 Å². The summed E-state index contributed by atoms with van der Waals surface area (Å²) >= 11 is 0. The topological polar surface area (TPSA) is 47.7 Å². The molecule has 4 heteroatoms. The van der Waals surface area contributed by atoms with Crippen molar-refractivity contribution < 1.29 is 9.60 Å². The minimum Gasteiger partial charge on any atom is -0.594 e. The Balaban J connectivity index is 1.89. The molecule has 4 nitrogen and oxygen atoms in total. The van der Waals surface area contributed by atoms with Gasteiger partial charge in [0, 0.05) is 17.2 Å². The highest BCUT2D eigenvalue weighted by molar-refractivity contribution is 5.40. The number of hydrogen-bond acceptors (Lipinski definition) is 3. The second-order valence-corrected chi connectivity index (χ2v) is 6.55. The van der Waals surface area contributed by atoms with Crippen molar-refractivity contribution in [2.24, 2.45) is 5.11 Å². The number of aryl methyl sites for hydroxylation is 1. The minimum atomic E-state index is 0.543. The second kappa shape index (κ2) is 11.3. The standard InChI is InChI=1S/C22H30N2O2/c1-3-5-7-8-18-26-22-16-12-20(13-17-22)23-24(25)21-14-10-19(11-15-21)9-6-4-2/h10-17H,3-9,18H2,1-2H3. The quantitative estimate of drug-likeness (QED) is 0.190. The van der Waals surface area contributed by atoms with Crippen LogP contribution in [-0.4, -0.2) is 11.5 Å². The second-order valence-electron chi connectivity index (χ2n) is 6.55.